The van der Waals surface area contributed by atoms with Crippen molar-refractivity contribution in [3.05, 3.63) is 66.0 Å². The Labute approximate surface area is 170 Å². The molecule has 1 aromatic heterocycles. The first-order valence-electron chi connectivity index (χ1n) is 8.99. The van der Waals surface area contributed by atoms with Crippen LogP contribution in [0.5, 0.6) is 0 Å². The van der Waals surface area contributed by atoms with Crippen LogP contribution in [-0.2, 0) is 16.1 Å². The number of rotatable bonds is 6. The van der Waals surface area contributed by atoms with Gasteiger partial charge in [-0.3, -0.25) is 9.78 Å². The summed E-state index contributed by atoms with van der Waals surface area (Å²) in [6, 6.07) is 11.4. The summed E-state index contributed by atoms with van der Waals surface area (Å²) in [5, 5.41) is 13.2. The number of nitrogens with one attached hydrogen (secondary N) is 1. The van der Waals surface area contributed by atoms with Crippen LogP contribution in [0.2, 0.25) is 0 Å². The van der Waals surface area contributed by atoms with Crippen molar-refractivity contribution in [2.75, 3.05) is 13.1 Å². The Morgan fingerprint density at radius 1 is 1.11 bits per heavy atom. The molecule has 1 aliphatic heterocycles. The molecule has 1 fully saturated rings. The van der Waals surface area contributed by atoms with E-state index in [1.54, 1.807) is 17.0 Å². The Morgan fingerprint density at radius 3 is 2.39 bits per heavy atom. The molecule has 8 heteroatoms. The van der Waals surface area contributed by atoms with Gasteiger partial charge in [-0.2, -0.15) is 0 Å². The van der Waals surface area contributed by atoms with E-state index in [-0.39, 0.29) is 24.9 Å². The number of halogens is 1. The summed E-state index contributed by atoms with van der Waals surface area (Å²) in [6.45, 7) is 1.33. The molecule has 1 saturated heterocycles. The molecule has 0 saturated carbocycles. The number of hydrogen-bond donors (Lipinski definition) is 2. The molecule has 28 heavy (non-hydrogen) atoms. The third kappa shape index (κ3) is 5.68. The van der Waals surface area contributed by atoms with Crippen LogP contribution in [0.15, 0.2) is 54.9 Å². The quantitative estimate of drug-likeness (QED) is 0.770. The Kier molecular flexibility index (Phi) is 8.22. The van der Waals surface area contributed by atoms with Crippen molar-refractivity contribution in [2.45, 2.75) is 31.6 Å². The first-order chi connectivity index (χ1) is 13.1. The molecule has 7 nitrogen and oxygen atoms in total. The van der Waals surface area contributed by atoms with Gasteiger partial charge in [-0.15, -0.1) is 12.4 Å². The van der Waals surface area contributed by atoms with Crippen molar-refractivity contribution in [3.8, 4) is 0 Å². The largest absolute Gasteiger partial charge is 0.445 e. The molecule has 0 bridgehead atoms. The fourth-order valence-electron chi connectivity index (χ4n) is 3.05. The monoisotopic (exact) mass is 405 g/mol. The maximum Gasteiger partial charge on any atom is 0.408 e. The van der Waals surface area contributed by atoms with Crippen LogP contribution in [0.1, 0.15) is 30.1 Å². The predicted molar refractivity (Wildman–Crippen MR) is 106 cm³/mol. The number of carbonyl (C=O) groups excluding carboxylic acids is 2. The van der Waals surface area contributed by atoms with Gasteiger partial charge in [-0.05, 0) is 36.1 Å². The van der Waals surface area contributed by atoms with Crippen molar-refractivity contribution in [1.29, 1.82) is 0 Å². The number of amides is 2. The lowest BCUT2D eigenvalue weighted by Gasteiger charge is -2.27. The number of pyridine rings is 1. The lowest BCUT2D eigenvalue weighted by atomic mass is 10.0. The molecule has 1 aromatic carbocycles. The molecule has 3 rings (SSSR count). The molecule has 2 amide bonds. The van der Waals surface area contributed by atoms with Crippen LogP contribution in [0.25, 0.3) is 0 Å². The number of likely N-dealkylation sites (tertiary alicyclic amines) is 1. The van der Waals surface area contributed by atoms with Gasteiger partial charge in [0.05, 0.1) is 0 Å². The zero-order valence-corrected chi connectivity index (χ0v) is 16.2. The van der Waals surface area contributed by atoms with Gasteiger partial charge in [0.25, 0.3) is 0 Å². The molecular formula is C20H24ClN3O4. The van der Waals surface area contributed by atoms with E-state index in [2.05, 4.69) is 10.3 Å². The second-order valence-electron chi connectivity index (χ2n) is 6.44. The zero-order valence-electron chi connectivity index (χ0n) is 15.4. The molecule has 0 radical (unpaired) electrons. The van der Waals surface area contributed by atoms with Gasteiger partial charge in [0.1, 0.15) is 18.8 Å². The molecule has 2 aromatic rings. The third-order valence-corrected chi connectivity index (χ3v) is 4.53. The highest BCUT2D eigenvalue weighted by Crippen LogP contribution is 2.20. The average molecular weight is 406 g/mol. The fourth-order valence-corrected chi connectivity index (χ4v) is 3.05. The first-order valence-corrected chi connectivity index (χ1v) is 8.99. The van der Waals surface area contributed by atoms with Gasteiger partial charge in [0.2, 0.25) is 5.91 Å². The van der Waals surface area contributed by atoms with E-state index in [9.17, 15) is 14.7 Å². The summed E-state index contributed by atoms with van der Waals surface area (Å²) in [5.74, 6) is -0.312. The van der Waals surface area contributed by atoms with E-state index in [1.165, 1.54) is 12.4 Å². The highest BCUT2D eigenvalue weighted by Gasteiger charge is 2.34. The van der Waals surface area contributed by atoms with Crippen molar-refractivity contribution in [3.63, 3.8) is 0 Å². The van der Waals surface area contributed by atoms with E-state index in [0.717, 1.165) is 18.4 Å². The molecule has 2 unspecified atom stereocenters. The summed E-state index contributed by atoms with van der Waals surface area (Å²) in [5.41, 5.74) is 1.34. The van der Waals surface area contributed by atoms with Gasteiger partial charge in [0, 0.05) is 25.5 Å². The SMILES string of the molecule is Cl.O=C(NC(C(=O)N1CCCC1)C(O)c1ccncc1)OCc1ccccc1. The van der Waals surface area contributed by atoms with Crippen LogP contribution in [-0.4, -0.2) is 46.1 Å². The van der Waals surface area contributed by atoms with Gasteiger partial charge in [-0.25, -0.2) is 4.79 Å². The second-order valence-corrected chi connectivity index (χ2v) is 6.44. The summed E-state index contributed by atoms with van der Waals surface area (Å²) < 4.78 is 5.21. The Morgan fingerprint density at radius 2 is 1.75 bits per heavy atom. The second kappa shape index (κ2) is 10.6. The van der Waals surface area contributed by atoms with E-state index in [0.29, 0.717) is 18.7 Å². The van der Waals surface area contributed by atoms with Crippen molar-refractivity contribution in [2.24, 2.45) is 0 Å². The maximum absolute atomic E-state index is 12.9. The number of hydrogen-bond acceptors (Lipinski definition) is 5. The van der Waals surface area contributed by atoms with Crippen molar-refractivity contribution < 1.29 is 19.4 Å². The standard InChI is InChI=1S/C20H23N3O4.ClH/c24-18(16-8-10-21-11-9-16)17(19(25)23-12-4-5-13-23)22-20(26)27-14-15-6-2-1-3-7-15;/h1-3,6-11,17-18,24H,4-5,12-14H2,(H,22,26);1H. The average Bonchev–Trinajstić information content (AvgIpc) is 3.26. The van der Waals surface area contributed by atoms with E-state index in [1.807, 2.05) is 30.3 Å². The maximum atomic E-state index is 12.9. The molecule has 2 heterocycles. The highest BCUT2D eigenvalue weighted by atomic mass is 35.5. The number of aromatic nitrogens is 1. The smallest absolute Gasteiger partial charge is 0.408 e. The van der Waals surface area contributed by atoms with E-state index < -0.39 is 18.2 Å². The van der Waals surface area contributed by atoms with Crippen LogP contribution in [0, 0.1) is 0 Å². The first kappa shape index (κ1) is 21.7. The number of aliphatic hydroxyl groups is 1. The number of ether oxygens (including phenoxy) is 1. The highest BCUT2D eigenvalue weighted by molar-refractivity contribution is 5.86. The Balaban J connectivity index is 0.00000280. The van der Waals surface area contributed by atoms with Crippen LogP contribution >= 0.6 is 12.4 Å². The van der Waals surface area contributed by atoms with Crippen LogP contribution in [0.3, 0.4) is 0 Å². The van der Waals surface area contributed by atoms with Gasteiger partial charge < -0.3 is 20.1 Å². The van der Waals surface area contributed by atoms with E-state index in [4.69, 9.17) is 4.74 Å². The fraction of sp³-hybridized carbons (Fsp3) is 0.350. The molecule has 2 N–H and O–H groups in total. The molecule has 1 aliphatic rings. The number of nitrogens with zero attached hydrogens (tertiary/aromatic N) is 2. The lowest BCUT2D eigenvalue weighted by Crippen LogP contribution is -2.51. The van der Waals surface area contributed by atoms with Crippen LogP contribution < -0.4 is 5.32 Å². The molecule has 0 spiro atoms. The third-order valence-electron chi connectivity index (χ3n) is 4.53. The van der Waals surface area contributed by atoms with Gasteiger partial charge in [-0.1, -0.05) is 30.3 Å². The summed E-state index contributed by atoms with van der Waals surface area (Å²) in [4.78, 5) is 30.7. The molecule has 150 valence electrons. The topological polar surface area (TPSA) is 91.8 Å². The zero-order chi connectivity index (χ0) is 19.1. The van der Waals surface area contributed by atoms with Crippen LogP contribution in [0.4, 0.5) is 4.79 Å². The van der Waals surface area contributed by atoms with Gasteiger partial charge >= 0.3 is 6.09 Å². The van der Waals surface area contributed by atoms with E-state index >= 15 is 0 Å². The van der Waals surface area contributed by atoms with Crippen molar-refractivity contribution in [1.82, 2.24) is 15.2 Å². The van der Waals surface area contributed by atoms with Crippen molar-refractivity contribution >= 4 is 24.4 Å². The summed E-state index contributed by atoms with van der Waals surface area (Å²) >= 11 is 0. The predicted octanol–water partition coefficient (Wildman–Crippen LogP) is 2.45. The number of carbonyl (C=O) groups is 2. The minimum Gasteiger partial charge on any atom is -0.445 e. The number of aliphatic hydroxyl groups excluding tert-OH is 1. The normalized spacial score (nSPS) is 15.2. The molecule has 0 aliphatic carbocycles. The molecular weight excluding hydrogens is 382 g/mol. The lowest BCUT2D eigenvalue weighted by molar-refractivity contribution is -0.135. The van der Waals surface area contributed by atoms with Gasteiger partial charge in [0.15, 0.2) is 0 Å². The Hall–Kier alpha value is -2.64. The minimum atomic E-state index is -1.19. The summed E-state index contributed by atoms with van der Waals surface area (Å²) in [7, 11) is 0. The number of benzene rings is 1. The summed E-state index contributed by atoms with van der Waals surface area (Å²) in [6.07, 6.45) is 2.97. The minimum absolute atomic E-state index is 0. The number of alkyl carbamates (subject to hydrolysis) is 1. The Bertz CT molecular complexity index is 755. The molecule has 2 atom stereocenters.